The van der Waals surface area contributed by atoms with Gasteiger partial charge in [-0.2, -0.15) is 0 Å². The lowest BCUT2D eigenvalue weighted by Crippen LogP contribution is -2.57. The summed E-state index contributed by atoms with van der Waals surface area (Å²) in [6, 6.07) is 7.16. The fourth-order valence-corrected chi connectivity index (χ4v) is 2.73. The highest BCUT2D eigenvalue weighted by atomic mass is 16.3. The number of rotatable bonds is 2. The molecule has 0 saturated carbocycles. The molecule has 2 unspecified atom stereocenters. The van der Waals surface area contributed by atoms with Crippen LogP contribution in [0.4, 0.5) is 5.69 Å². The number of anilines is 1. The Hall–Kier alpha value is -1.06. The van der Waals surface area contributed by atoms with Crippen LogP contribution < -0.4 is 4.90 Å². The van der Waals surface area contributed by atoms with Gasteiger partial charge >= 0.3 is 0 Å². The summed E-state index contributed by atoms with van der Waals surface area (Å²) in [4.78, 5) is 4.69. The summed E-state index contributed by atoms with van der Waals surface area (Å²) >= 11 is 0. The molecule has 1 heterocycles. The van der Waals surface area contributed by atoms with Crippen LogP contribution in [0.2, 0.25) is 0 Å². The van der Waals surface area contributed by atoms with Crippen molar-refractivity contribution in [2.24, 2.45) is 0 Å². The zero-order chi connectivity index (χ0) is 13.3. The maximum absolute atomic E-state index is 9.50. The number of aliphatic hydroxyl groups excluding tert-OH is 1. The van der Waals surface area contributed by atoms with Crippen molar-refractivity contribution in [2.75, 3.05) is 31.6 Å². The van der Waals surface area contributed by atoms with E-state index in [1.165, 1.54) is 16.8 Å². The summed E-state index contributed by atoms with van der Waals surface area (Å²) in [6.45, 7) is 8.71. The summed E-state index contributed by atoms with van der Waals surface area (Å²) in [6.07, 6.45) is 0. The lowest BCUT2D eigenvalue weighted by atomic mass is 10.0. The molecule has 1 aromatic carbocycles. The largest absolute Gasteiger partial charge is 0.395 e. The SMILES string of the molecule is Cc1cccc(N2CC(C)N(C)C(CO)C2)c1C. The molecular formula is C15H24N2O. The Morgan fingerprint density at radius 1 is 1.28 bits per heavy atom. The first kappa shape index (κ1) is 13.4. The zero-order valence-electron chi connectivity index (χ0n) is 11.8. The quantitative estimate of drug-likeness (QED) is 0.864. The van der Waals surface area contributed by atoms with Gasteiger partial charge in [0.25, 0.3) is 0 Å². The molecule has 100 valence electrons. The van der Waals surface area contributed by atoms with Crippen LogP contribution in [0.3, 0.4) is 0 Å². The van der Waals surface area contributed by atoms with Crippen molar-refractivity contribution in [3.63, 3.8) is 0 Å². The molecule has 0 radical (unpaired) electrons. The van der Waals surface area contributed by atoms with E-state index in [1.807, 2.05) is 0 Å². The smallest absolute Gasteiger partial charge is 0.0604 e. The van der Waals surface area contributed by atoms with Gasteiger partial charge < -0.3 is 10.0 Å². The highest BCUT2D eigenvalue weighted by Gasteiger charge is 2.29. The minimum atomic E-state index is 0.224. The second-order valence-electron chi connectivity index (χ2n) is 5.47. The molecule has 0 aromatic heterocycles. The van der Waals surface area contributed by atoms with Crippen molar-refractivity contribution >= 4 is 5.69 Å². The molecule has 1 aromatic rings. The average Bonchev–Trinajstić information content (AvgIpc) is 2.36. The van der Waals surface area contributed by atoms with E-state index in [1.54, 1.807) is 0 Å². The monoisotopic (exact) mass is 248 g/mol. The highest BCUT2D eigenvalue weighted by molar-refractivity contribution is 5.56. The number of benzene rings is 1. The second kappa shape index (κ2) is 5.29. The van der Waals surface area contributed by atoms with E-state index in [4.69, 9.17) is 0 Å². The predicted molar refractivity (Wildman–Crippen MR) is 76.2 cm³/mol. The van der Waals surface area contributed by atoms with E-state index < -0.39 is 0 Å². The van der Waals surface area contributed by atoms with Crippen LogP contribution in [-0.4, -0.2) is 48.8 Å². The Balaban J connectivity index is 2.26. The van der Waals surface area contributed by atoms with Gasteiger partial charge in [-0.05, 0) is 45.0 Å². The summed E-state index contributed by atoms with van der Waals surface area (Å²) in [7, 11) is 2.10. The topological polar surface area (TPSA) is 26.7 Å². The van der Waals surface area contributed by atoms with Crippen LogP contribution in [-0.2, 0) is 0 Å². The summed E-state index contributed by atoms with van der Waals surface area (Å²) in [5, 5.41) is 9.50. The minimum absolute atomic E-state index is 0.224. The Labute approximate surface area is 110 Å². The molecule has 2 rings (SSSR count). The first-order chi connectivity index (χ1) is 8.54. The van der Waals surface area contributed by atoms with Gasteiger partial charge in [-0.15, -0.1) is 0 Å². The van der Waals surface area contributed by atoms with E-state index in [0.717, 1.165) is 13.1 Å². The van der Waals surface area contributed by atoms with Crippen molar-refractivity contribution in [3.05, 3.63) is 29.3 Å². The number of aliphatic hydroxyl groups is 1. The van der Waals surface area contributed by atoms with Crippen LogP contribution in [0.1, 0.15) is 18.1 Å². The number of likely N-dealkylation sites (N-methyl/N-ethyl adjacent to an activating group) is 1. The predicted octanol–water partition coefficient (Wildman–Crippen LogP) is 1.80. The number of piperazine rings is 1. The second-order valence-corrected chi connectivity index (χ2v) is 5.47. The third-order valence-electron chi connectivity index (χ3n) is 4.31. The normalized spacial score (nSPS) is 25.5. The molecule has 2 atom stereocenters. The van der Waals surface area contributed by atoms with Crippen molar-refractivity contribution in [1.82, 2.24) is 4.90 Å². The molecule has 1 fully saturated rings. The zero-order valence-corrected chi connectivity index (χ0v) is 11.8. The number of hydrogen-bond acceptors (Lipinski definition) is 3. The Morgan fingerprint density at radius 3 is 2.67 bits per heavy atom. The van der Waals surface area contributed by atoms with Crippen molar-refractivity contribution in [1.29, 1.82) is 0 Å². The maximum Gasteiger partial charge on any atom is 0.0604 e. The Kier molecular flexibility index (Phi) is 3.93. The van der Waals surface area contributed by atoms with Gasteiger partial charge in [-0.3, -0.25) is 4.90 Å². The molecule has 0 spiro atoms. The summed E-state index contributed by atoms with van der Waals surface area (Å²) in [5.41, 5.74) is 4.00. The van der Waals surface area contributed by atoms with Gasteiger partial charge in [-0.25, -0.2) is 0 Å². The van der Waals surface area contributed by atoms with Crippen LogP contribution in [0.5, 0.6) is 0 Å². The van der Waals surface area contributed by atoms with Crippen LogP contribution in [0.15, 0.2) is 18.2 Å². The molecule has 1 N–H and O–H groups in total. The fraction of sp³-hybridized carbons (Fsp3) is 0.600. The number of hydrogen-bond donors (Lipinski definition) is 1. The maximum atomic E-state index is 9.50. The highest BCUT2D eigenvalue weighted by Crippen LogP contribution is 2.26. The van der Waals surface area contributed by atoms with E-state index in [2.05, 4.69) is 55.8 Å². The van der Waals surface area contributed by atoms with E-state index in [9.17, 15) is 5.11 Å². The Bertz CT molecular complexity index is 419. The van der Waals surface area contributed by atoms with E-state index in [-0.39, 0.29) is 12.6 Å². The minimum Gasteiger partial charge on any atom is -0.395 e. The van der Waals surface area contributed by atoms with Crippen molar-refractivity contribution < 1.29 is 5.11 Å². The molecule has 1 saturated heterocycles. The first-order valence-electron chi connectivity index (χ1n) is 6.68. The lowest BCUT2D eigenvalue weighted by Gasteiger charge is -2.44. The molecule has 3 nitrogen and oxygen atoms in total. The van der Waals surface area contributed by atoms with Gasteiger partial charge in [0.15, 0.2) is 0 Å². The van der Waals surface area contributed by atoms with Gasteiger partial charge in [0.05, 0.1) is 12.6 Å². The number of nitrogens with zero attached hydrogens (tertiary/aromatic N) is 2. The first-order valence-corrected chi connectivity index (χ1v) is 6.68. The molecule has 3 heteroatoms. The fourth-order valence-electron chi connectivity index (χ4n) is 2.73. The molecule has 0 amide bonds. The standard InChI is InChI=1S/C15H24N2O/c1-11-6-5-7-15(13(11)3)17-8-12(2)16(4)14(9-17)10-18/h5-7,12,14,18H,8-10H2,1-4H3. The van der Waals surface area contributed by atoms with Crippen molar-refractivity contribution in [2.45, 2.75) is 32.9 Å². The van der Waals surface area contributed by atoms with E-state index >= 15 is 0 Å². The molecule has 18 heavy (non-hydrogen) atoms. The third-order valence-corrected chi connectivity index (χ3v) is 4.31. The summed E-state index contributed by atoms with van der Waals surface area (Å²) in [5.74, 6) is 0. The molecular weight excluding hydrogens is 224 g/mol. The van der Waals surface area contributed by atoms with Crippen molar-refractivity contribution in [3.8, 4) is 0 Å². The van der Waals surface area contributed by atoms with Crippen LogP contribution in [0, 0.1) is 13.8 Å². The molecule has 1 aliphatic rings. The Morgan fingerprint density at radius 2 is 2.00 bits per heavy atom. The van der Waals surface area contributed by atoms with Gasteiger partial charge in [0.2, 0.25) is 0 Å². The van der Waals surface area contributed by atoms with Gasteiger partial charge in [0.1, 0.15) is 0 Å². The van der Waals surface area contributed by atoms with Crippen LogP contribution >= 0.6 is 0 Å². The average molecular weight is 248 g/mol. The molecule has 1 aliphatic heterocycles. The van der Waals surface area contributed by atoms with Gasteiger partial charge in [0, 0.05) is 24.8 Å². The summed E-state index contributed by atoms with van der Waals surface area (Å²) < 4.78 is 0. The molecule has 0 aliphatic carbocycles. The van der Waals surface area contributed by atoms with Crippen LogP contribution in [0.25, 0.3) is 0 Å². The van der Waals surface area contributed by atoms with E-state index in [0.29, 0.717) is 6.04 Å². The number of aryl methyl sites for hydroxylation is 1. The third kappa shape index (κ3) is 2.38. The van der Waals surface area contributed by atoms with Gasteiger partial charge in [-0.1, -0.05) is 12.1 Å². The lowest BCUT2D eigenvalue weighted by molar-refractivity contribution is 0.0996. The molecule has 0 bridgehead atoms.